The summed E-state index contributed by atoms with van der Waals surface area (Å²) in [6.07, 6.45) is 7.41. The van der Waals surface area contributed by atoms with Gasteiger partial charge in [-0.2, -0.15) is 5.26 Å². The van der Waals surface area contributed by atoms with Crippen molar-refractivity contribution in [1.29, 1.82) is 5.26 Å². The molecular formula is C13H16N4O. The molecule has 1 aliphatic carbocycles. The molecule has 5 nitrogen and oxygen atoms in total. The van der Waals surface area contributed by atoms with Gasteiger partial charge in [0.05, 0.1) is 12.3 Å². The maximum absolute atomic E-state index is 9.49. The van der Waals surface area contributed by atoms with Gasteiger partial charge in [0.2, 0.25) is 0 Å². The SMILES string of the molecule is N#Cc1c(NCC2(CO)CC=CC2)ccnc1N. The zero-order valence-corrected chi connectivity index (χ0v) is 10.1. The third-order valence-electron chi connectivity index (χ3n) is 3.35. The van der Waals surface area contributed by atoms with E-state index in [0.717, 1.165) is 12.8 Å². The molecule has 0 saturated carbocycles. The summed E-state index contributed by atoms with van der Waals surface area (Å²) < 4.78 is 0. The zero-order chi connectivity index (χ0) is 13.0. The quantitative estimate of drug-likeness (QED) is 0.693. The summed E-state index contributed by atoms with van der Waals surface area (Å²) in [5.74, 6) is 0.227. The lowest BCUT2D eigenvalue weighted by Crippen LogP contribution is -2.31. The van der Waals surface area contributed by atoms with Crippen LogP contribution in [0.3, 0.4) is 0 Å². The molecule has 18 heavy (non-hydrogen) atoms. The predicted octanol–water partition coefficient (Wildman–Crippen LogP) is 1.28. The summed E-state index contributed by atoms with van der Waals surface area (Å²) in [5, 5.41) is 21.7. The number of allylic oxidation sites excluding steroid dienone is 2. The molecule has 0 atom stereocenters. The van der Waals surface area contributed by atoms with E-state index in [-0.39, 0.29) is 17.8 Å². The van der Waals surface area contributed by atoms with Gasteiger partial charge in [0.15, 0.2) is 0 Å². The second kappa shape index (κ2) is 5.07. The van der Waals surface area contributed by atoms with E-state index in [1.807, 2.05) is 6.07 Å². The van der Waals surface area contributed by atoms with Crippen molar-refractivity contribution in [3.8, 4) is 6.07 Å². The highest BCUT2D eigenvalue weighted by molar-refractivity contribution is 5.66. The summed E-state index contributed by atoms with van der Waals surface area (Å²) in [4.78, 5) is 3.88. The monoisotopic (exact) mass is 244 g/mol. The number of pyridine rings is 1. The van der Waals surface area contributed by atoms with Crippen LogP contribution in [0.15, 0.2) is 24.4 Å². The van der Waals surface area contributed by atoms with Crippen molar-refractivity contribution in [2.45, 2.75) is 12.8 Å². The first-order valence-electron chi connectivity index (χ1n) is 5.85. The minimum absolute atomic E-state index is 0.120. The smallest absolute Gasteiger partial charge is 0.143 e. The molecule has 1 aliphatic rings. The van der Waals surface area contributed by atoms with Gasteiger partial charge in [-0.1, -0.05) is 12.2 Å². The van der Waals surface area contributed by atoms with Crippen molar-refractivity contribution in [2.24, 2.45) is 5.41 Å². The van der Waals surface area contributed by atoms with Gasteiger partial charge in [-0.3, -0.25) is 0 Å². The second-order valence-corrected chi connectivity index (χ2v) is 4.62. The average Bonchev–Trinajstić information content (AvgIpc) is 2.86. The van der Waals surface area contributed by atoms with Crippen molar-refractivity contribution in [3.63, 3.8) is 0 Å². The maximum Gasteiger partial charge on any atom is 0.143 e. The highest BCUT2D eigenvalue weighted by atomic mass is 16.3. The van der Waals surface area contributed by atoms with Crippen LogP contribution in [0.1, 0.15) is 18.4 Å². The molecule has 5 heteroatoms. The van der Waals surface area contributed by atoms with Gasteiger partial charge in [-0.05, 0) is 18.9 Å². The Morgan fingerprint density at radius 1 is 1.50 bits per heavy atom. The molecule has 0 bridgehead atoms. The van der Waals surface area contributed by atoms with Crippen LogP contribution < -0.4 is 11.1 Å². The van der Waals surface area contributed by atoms with Crippen LogP contribution in [0.2, 0.25) is 0 Å². The van der Waals surface area contributed by atoms with Crippen LogP contribution >= 0.6 is 0 Å². The van der Waals surface area contributed by atoms with E-state index in [1.165, 1.54) is 0 Å². The lowest BCUT2D eigenvalue weighted by molar-refractivity contribution is 0.148. The van der Waals surface area contributed by atoms with Crippen molar-refractivity contribution in [3.05, 3.63) is 30.0 Å². The lowest BCUT2D eigenvalue weighted by Gasteiger charge is -2.27. The second-order valence-electron chi connectivity index (χ2n) is 4.62. The fourth-order valence-electron chi connectivity index (χ4n) is 2.10. The van der Waals surface area contributed by atoms with Crippen LogP contribution in [0, 0.1) is 16.7 Å². The molecule has 1 aromatic rings. The predicted molar refractivity (Wildman–Crippen MR) is 69.7 cm³/mol. The van der Waals surface area contributed by atoms with Gasteiger partial charge in [0.1, 0.15) is 17.5 Å². The summed E-state index contributed by atoms with van der Waals surface area (Å²) in [7, 11) is 0. The fraction of sp³-hybridized carbons (Fsp3) is 0.385. The number of hydrogen-bond acceptors (Lipinski definition) is 5. The van der Waals surface area contributed by atoms with Crippen molar-refractivity contribution in [2.75, 3.05) is 24.2 Å². The Morgan fingerprint density at radius 2 is 2.22 bits per heavy atom. The third-order valence-corrected chi connectivity index (χ3v) is 3.35. The minimum Gasteiger partial charge on any atom is -0.396 e. The molecule has 0 amide bonds. The van der Waals surface area contributed by atoms with E-state index in [0.29, 0.717) is 17.8 Å². The Kier molecular flexibility index (Phi) is 3.49. The van der Waals surface area contributed by atoms with Gasteiger partial charge >= 0.3 is 0 Å². The Labute approximate surface area is 106 Å². The third kappa shape index (κ3) is 2.29. The maximum atomic E-state index is 9.49. The van der Waals surface area contributed by atoms with E-state index < -0.39 is 0 Å². The van der Waals surface area contributed by atoms with Crippen LogP contribution in [0.25, 0.3) is 0 Å². The Balaban J connectivity index is 2.11. The van der Waals surface area contributed by atoms with Gasteiger partial charge < -0.3 is 16.2 Å². The molecule has 0 spiro atoms. The highest BCUT2D eigenvalue weighted by Gasteiger charge is 2.30. The summed E-state index contributed by atoms with van der Waals surface area (Å²) in [6, 6.07) is 3.77. The van der Waals surface area contributed by atoms with Crippen LogP contribution in [-0.4, -0.2) is 23.2 Å². The number of rotatable bonds is 4. The van der Waals surface area contributed by atoms with E-state index in [4.69, 9.17) is 11.0 Å². The molecule has 1 aromatic heterocycles. The Bertz CT molecular complexity index is 496. The number of nitrogen functional groups attached to an aromatic ring is 1. The van der Waals surface area contributed by atoms with Crippen molar-refractivity contribution >= 4 is 11.5 Å². The number of hydrogen-bond donors (Lipinski definition) is 3. The topological polar surface area (TPSA) is 95.0 Å². The first-order chi connectivity index (χ1) is 8.71. The van der Waals surface area contributed by atoms with Gasteiger partial charge in [0, 0.05) is 18.2 Å². The lowest BCUT2D eigenvalue weighted by atomic mass is 9.86. The summed E-state index contributed by atoms with van der Waals surface area (Å²) in [5.41, 5.74) is 6.51. The van der Waals surface area contributed by atoms with Crippen LogP contribution in [0.4, 0.5) is 11.5 Å². The standard InChI is InChI=1S/C13H16N4O/c14-7-10-11(3-6-16-12(10)15)17-8-13(9-18)4-1-2-5-13/h1-3,6,18H,4-5,8-9H2,(H3,15,16,17). The number of nitrogens with zero attached hydrogens (tertiary/aromatic N) is 2. The highest BCUT2D eigenvalue weighted by Crippen LogP contribution is 2.33. The number of aliphatic hydroxyl groups excluding tert-OH is 1. The average molecular weight is 244 g/mol. The van der Waals surface area contributed by atoms with Crippen molar-refractivity contribution in [1.82, 2.24) is 4.98 Å². The molecule has 0 fully saturated rings. The van der Waals surface area contributed by atoms with E-state index in [1.54, 1.807) is 12.3 Å². The van der Waals surface area contributed by atoms with Gasteiger partial charge in [-0.15, -0.1) is 0 Å². The molecule has 0 unspecified atom stereocenters. The first kappa shape index (κ1) is 12.4. The molecule has 0 saturated heterocycles. The fourth-order valence-corrected chi connectivity index (χ4v) is 2.10. The Hall–Kier alpha value is -2.06. The van der Waals surface area contributed by atoms with E-state index in [9.17, 15) is 5.11 Å². The first-order valence-corrected chi connectivity index (χ1v) is 5.85. The molecule has 4 N–H and O–H groups in total. The normalized spacial score (nSPS) is 16.4. The molecule has 1 heterocycles. The Morgan fingerprint density at radius 3 is 2.83 bits per heavy atom. The minimum atomic E-state index is -0.162. The van der Waals surface area contributed by atoms with E-state index >= 15 is 0 Å². The number of anilines is 2. The summed E-state index contributed by atoms with van der Waals surface area (Å²) >= 11 is 0. The number of aromatic nitrogens is 1. The van der Waals surface area contributed by atoms with Gasteiger partial charge in [-0.25, -0.2) is 4.98 Å². The van der Waals surface area contributed by atoms with Gasteiger partial charge in [0.25, 0.3) is 0 Å². The molecule has 2 rings (SSSR count). The van der Waals surface area contributed by atoms with Crippen LogP contribution in [0.5, 0.6) is 0 Å². The number of nitriles is 1. The van der Waals surface area contributed by atoms with Crippen LogP contribution in [-0.2, 0) is 0 Å². The molecule has 0 aliphatic heterocycles. The largest absolute Gasteiger partial charge is 0.396 e. The van der Waals surface area contributed by atoms with Crippen molar-refractivity contribution < 1.29 is 5.11 Å². The number of aliphatic hydroxyl groups is 1. The number of nitrogens with one attached hydrogen (secondary N) is 1. The molecule has 0 radical (unpaired) electrons. The summed E-state index contributed by atoms with van der Waals surface area (Å²) in [6.45, 7) is 0.726. The number of nitrogens with two attached hydrogens (primary N) is 1. The zero-order valence-electron chi connectivity index (χ0n) is 10.1. The molecule has 0 aromatic carbocycles. The van der Waals surface area contributed by atoms with E-state index in [2.05, 4.69) is 22.5 Å². The molecule has 94 valence electrons. The molecular weight excluding hydrogens is 228 g/mol.